The van der Waals surface area contributed by atoms with E-state index in [0.717, 1.165) is 42.0 Å². The van der Waals surface area contributed by atoms with Gasteiger partial charge in [0, 0.05) is 19.2 Å². The zero-order valence-corrected chi connectivity index (χ0v) is 13.8. The highest BCUT2D eigenvalue weighted by Crippen LogP contribution is 2.36. The molecule has 2 rings (SSSR count). The summed E-state index contributed by atoms with van der Waals surface area (Å²) in [7, 11) is 3.29. The van der Waals surface area contributed by atoms with Gasteiger partial charge in [0.25, 0.3) is 0 Å². The van der Waals surface area contributed by atoms with E-state index in [-0.39, 0.29) is 0 Å². The van der Waals surface area contributed by atoms with E-state index in [9.17, 15) is 0 Å². The minimum atomic E-state index is 0.439. The summed E-state index contributed by atoms with van der Waals surface area (Å²) in [6.07, 6.45) is 2.64. The smallest absolute Gasteiger partial charge is 0.174 e. The molecule has 0 aromatic heterocycles. The van der Waals surface area contributed by atoms with Crippen LogP contribution in [-0.4, -0.2) is 33.0 Å². The molecule has 0 bridgehead atoms. The van der Waals surface area contributed by atoms with Crippen LogP contribution >= 0.6 is 15.9 Å². The highest BCUT2D eigenvalue weighted by Gasteiger charge is 2.28. The summed E-state index contributed by atoms with van der Waals surface area (Å²) in [6, 6.07) is 4.63. The molecule has 1 N–H and O–H groups in total. The van der Waals surface area contributed by atoms with Gasteiger partial charge in [0.15, 0.2) is 11.5 Å². The van der Waals surface area contributed by atoms with Gasteiger partial charge in [0.2, 0.25) is 0 Å². The zero-order valence-electron chi connectivity index (χ0n) is 12.2. The van der Waals surface area contributed by atoms with E-state index in [1.807, 2.05) is 13.0 Å². The van der Waals surface area contributed by atoms with Crippen LogP contribution in [0.4, 0.5) is 0 Å². The molecule has 1 saturated carbocycles. The number of ether oxygens (including phenoxy) is 3. The van der Waals surface area contributed by atoms with Crippen LogP contribution < -0.4 is 14.8 Å². The lowest BCUT2D eigenvalue weighted by atomic mass is 9.89. The van der Waals surface area contributed by atoms with Gasteiger partial charge in [-0.2, -0.15) is 0 Å². The number of hydrogen-bond donors (Lipinski definition) is 1. The van der Waals surface area contributed by atoms with Crippen LogP contribution in [0, 0.1) is 0 Å². The molecule has 0 amide bonds. The summed E-state index contributed by atoms with van der Waals surface area (Å²) in [5.74, 6) is 1.48. The Labute approximate surface area is 128 Å². The first-order valence-electron chi connectivity index (χ1n) is 6.93. The maximum Gasteiger partial charge on any atom is 0.174 e. The summed E-state index contributed by atoms with van der Waals surface area (Å²) in [5, 5.41) is 3.54. The first-order valence-corrected chi connectivity index (χ1v) is 7.72. The van der Waals surface area contributed by atoms with Gasteiger partial charge in [-0.1, -0.05) is 0 Å². The maximum atomic E-state index is 5.56. The number of halogens is 1. The number of rotatable bonds is 7. The van der Waals surface area contributed by atoms with Gasteiger partial charge in [-0.05, 0) is 53.4 Å². The molecule has 0 aliphatic heterocycles. The minimum absolute atomic E-state index is 0.439. The van der Waals surface area contributed by atoms with E-state index < -0.39 is 0 Å². The van der Waals surface area contributed by atoms with Crippen LogP contribution in [0.2, 0.25) is 0 Å². The molecule has 0 saturated heterocycles. The van der Waals surface area contributed by atoms with Gasteiger partial charge in [-0.3, -0.25) is 0 Å². The highest BCUT2D eigenvalue weighted by atomic mass is 79.9. The molecule has 0 heterocycles. The quantitative estimate of drug-likeness (QED) is 0.825. The zero-order chi connectivity index (χ0) is 14.5. The third-order valence-corrected chi connectivity index (χ3v) is 4.17. The fraction of sp³-hybridized carbons (Fsp3) is 0.600. The van der Waals surface area contributed by atoms with Gasteiger partial charge < -0.3 is 19.5 Å². The van der Waals surface area contributed by atoms with Crippen molar-refractivity contribution in [2.45, 2.75) is 38.5 Å². The van der Waals surface area contributed by atoms with E-state index in [1.54, 1.807) is 14.2 Å². The lowest BCUT2D eigenvalue weighted by Gasteiger charge is -2.35. The lowest BCUT2D eigenvalue weighted by molar-refractivity contribution is -0.0102. The standard InChI is InChI=1S/C15H22BrNO3/c1-4-20-12-7-11(8-12)17-9-10-5-13(16)15(19-3)14(6-10)18-2/h5-6,11-12,17H,4,7-9H2,1-3H3. The van der Waals surface area contributed by atoms with E-state index in [4.69, 9.17) is 14.2 Å². The second kappa shape index (κ2) is 7.29. The largest absolute Gasteiger partial charge is 0.493 e. The molecule has 0 spiro atoms. The SMILES string of the molecule is CCOC1CC(NCc2cc(Br)c(OC)c(OC)c2)C1. The molecule has 1 aromatic carbocycles. The molecule has 0 radical (unpaired) electrons. The van der Waals surface area contributed by atoms with Gasteiger partial charge in [0.05, 0.1) is 24.8 Å². The monoisotopic (exact) mass is 343 g/mol. The van der Waals surface area contributed by atoms with Crippen LogP contribution in [0.3, 0.4) is 0 Å². The molecule has 1 fully saturated rings. The summed E-state index contributed by atoms with van der Waals surface area (Å²) < 4.78 is 17.1. The third kappa shape index (κ3) is 3.65. The molecule has 4 nitrogen and oxygen atoms in total. The Bertz CT molecular complexity index is 447. The van der Waals surface area contributed by atoms with Crippen molar-refractivity contribution in [1.82, 2.24) is 5.32 Å². The van der Waals surface area contributed by atoms with Crippen LogP contribution in [0.5, 0.6) is 11.5 Å². The Morgan fingerprint density at radius 3 is 2.60 bits per heavy atom. The van der Waals surface area contributed by atoms with E-state index >= 15 is 0 Å². The van der Waals surface area contributed by atoms with Gasteiger partial charge >= 0.3 is 0 Å². The maximum absolute atomic E-state index is 5.56. The Balaban J connectivity index is 1.89. The number of methoxy groups -OCH3 is 2. The van der Waals surface area contributed by atoms with Gasteiger partial charge in [-0.25, -0.2) is 0 Å². The Hall–Kier alpha value is -0.780. The summed E-state index contributed by atoms with van der Waals surface area (Å²) >= 11 is 3.51. The van der Waals surface area contributed by atoms with Crippen LogP contribution in [0.1, 0.15) is 25.3 Å². The molecule has 1 aromatic rings. The molecular formula is C15H22BrNO3. The molecule has 112 valence electrons. The normalized spacial score (nSPS) is 21.4. The predicted molar refractivity (Wildman–Crippen MR) is 82.5 cm³/mol. The average molecular weight is 344 g/mol. The summed E-state index contributed by atoms with van der Waals surface area (Å²) in [6.45, 7) is 3.67. The van der Waals surface area contributed by atoms with Crippen molar-refractivity contribution >= 4 is 15.9 Å². The van der Waals surface area contributed by atoms with Gasteiger partial charge in [0.1, 0.15) is 0 Å². The van der Waals surface area contributed by atoms with Crippen LogP contribution in [0.25, 0.3) is 0 Å². The number of nitrogens with one attached hydrogen (secondary N) is 1. The first kappa shape index (κ1) is 15.6. The molecule has 5 heteroatoms. The van der Waals surface area contributed by atoms with Crippen LogP contribution in [0.15, 0.2) is 16.6 Å². The third-order valence-electron chi connectivity index (χ3n) is 3.59. The van der Waals surface area contributed by atoms with Crippen LogP contribution in [-0.2, 0) is 11.3 Å². The molecule has 1 aliphatic rings. The Kier molecular flexibility index (Phi) is 5.69. The number of hydrogen-bond acceptors (Lipinski definition) is 4. The van der Waals surface area contributed by atoms with E-state index in [2.05, 4.69) is 27.3 Å². The van der Waals surface area contributed by atoms with Crippen molar-refractivity contribution in [3.05, 3.63) is 22.2 Å². The van der Waals surface area contributed by atoms with E-state index in [0.29, 0.717) is 12.1 Å². The average Bonchev–Trinajstić information content (AvgIpc) is 2.40. The van der Waals surface area contributed by atoms with Crippen molar-refractivity contribution in [2.24, 2.45) is 0 Å². The Morgan fingerprint density at radius 1 is 1.25 bits per heavy atom. The number of benzene rings is 1. The van der Waals surface area contributed by atoms with Crippen molar-refractivity contribution < 1.29 is 14.2 Å². The topological polar surface area (TPSA) is 39.7 Å². The minimum Gasteiger partial charge on any atom is -0.493 e. The van der Waals surface area contributed by atoms with Crippen molar-refractivity contribution in [3.8, 4) is 11.5 Å². The van der Waals surface area contributed by atoms with E-state index in [1.165, 1.54) is 5.56 Å². The second-order valence-electron chi connectivity index (χ2n) is 4.94. The fourth-order valence-corrected chi connectivity index (χ4v) is 3.09. The lowest BCUT2D eigenvalue weighted by Crippen LogP contribution is -2.45. The molecule has 0 atom stereocenters. The summed E-state index contributed by atoms with van der Waals surface area (Å²) in [4.78, 5) is 0. The Morgan fingerprint density at radius 2 is 2.00 bits per heavy atom. The second-order valence-corrected chi connectivity index (χ2v) is 5.79. The predicted octanol–water partition coefficient (Wildman–Crippen LogP) is 3.12. The highest BCUT2D eigenvalue weighted by molar-refractivity contribution is 9.10. The molecular weight excluding hydrogens is 322 g/mol. The molecule has 1 aliphatic carbocycles. The van der Waals surface area contributed by atoms with Gasteiger partial charge in [-0.15, -0.1) is 0 Å². The van der Waals surface area contributed by atoms with Crippen molar-refractivity contribution in [3.63, 3.8) is 0 Å². The fourth-order valence-electron chi connectivity index (χ4n) is 2.44. The van der Waals surface area contributed by atoms with Crippen molar-refractivity contribution in [1.29, 1.82) is 0 Å². The van der Waals surface area contributed by atoms with Crippen molar-refractivity contribution in [2.75, 3.05) is 20.8 Å². The summed E-state index contributed by atoms with van der Waals surface area (Å²) in [5.41, 5.74) is 1.18. The first-order chi connectivity index (χ1) is 9.67. The molecule has 20 heavy (non-hydrogen) atoms. The molecule has 0 unspecified atom stereocenters.